The molecule has 2 aromatic rings. The van der Waals surface area contributed by atoms with Crippen molar-refractivity contribution in [1.82, 2.24) is 0 Å². The van der Waals surface area contributed by atoms with E-state index in [0.717, 1.165) is 32.1 Å². The van der Waals surface area contributed by atoms with Gasteiger partial charge in [-0.3, -0.25) is 0 Å². The third kappa shape index (κ3) is 3.81. The molecular formula is C14H13BrClNOS. The van der Waals surface area contributed by atoms with Gasteiger partial charge in [0, 0.05) is 31.4 Å². The monoisotopic (exact) mass is 357 g/mol. The topological polar surface area (TPSA) is 35.2 Å². The minimum absolute atomic E-state index is 0.708. The van der Waals surface area contributed by atoms with E-state index in [0.29, 0.717) is 5.02 Å². The van der Waals surface area contributed by atoms with Crippen LogP contribution >= 0.6 is 39.3 Å². The van der Waals surface area contributed by atoms with Gasteiger partial charge in [0.25, 0.3) is 0 Å². The molecule has 2 nitrogen and oxygen atoms in total. The summed E-state index contributed by atoms with van der Waals surface area (Å²) in [4.78, 5) is 1.05. The molecule has 0 amide bonds. The zero-order valence-electron chi connectivity index (χ0n) is 10.3. The second-order valence-corrected chi connectivity index (χ2v) is 6.30. The molecule has 0 spiro atoms. The van der Waals surface area contributed by atoms with Crippen LogP contribution in [0.3, 0.4) is 0 Å². The van der Waals surface area contributed by atoms with Gasteiger partial charge in [-0.1, -0.05) is 27.5 Å². The minimum atomic E-state index is 0.708. The van der Waals surface area contributed by atoms with Crippen molar-refractivity contribution in [3.8, 4) is 5.75 Å². The lowest BCUT2D eigenvalue weighted by atomic mass is 10.2. The molecule has 0 atom stereocenters. The fourth-order valence-electron chi connectivity index (χ4n) is 1.67. The molecule has 100 valence electrons. The Bertz CT molecular complexity index is 592. The highest BCUT2D eigenvalue weighted by atomic mass is 79.9. The first-order valence-electron chi connectivity index (χ1n) is 5.60. The number of nitrogen functional groups attached to an aromatic ring is 1. The summed E-state index contributed by atoms with van der Waals surface area (Å²) < 4.78 is 6.31. The van der Waals surface area contributed by atoms with Gasteiger partial charge >= 0.3 is 0 Å². The number of rotatable bonds is 4. The Hall–Kier alpha value is -0.840. The van der Waals surface area contributed by atoms with E-state index in [1.54, 1.807) is 18.9 Å². The van der Waals surface area contributed by atoms with E-state index >= 15 is 0 Å². The number of hydrogen-bond acceptors (Lipinski definition) is 3. The Balaban J connectivity index is 2.16. The van der Waals surface area contributed by atoms with Crippen LogP contribution in [0.1, 0.15) is 5.56 Å². The van der Waals surface area contributed by atoms with Crippen molar-refractivity contribution in [3.05, 3.63) is 51.5 Å². The quantitative estimate of drug-likeness (QED) is 0.618. The van der Waals surface area contributed by atoms with Gasteiger partial charge in [-0.15, -0.1) is 11.8 Å². The van der Waals surface area contributed by atoms with Crippen molar-refractivity contribution >= 4 is 45.0 Å². The van der Waals surface area contributed by atoms with Crippen molar-refractivity contribution < 1.29 is 4.74 Å². The molecule has 2 N–H and O–H groups in total. The fraction of sp³-hybridized carbons (Fsp3) is 0.143. The third-order valence-corrected chi connectivity index (χ3v) is 4.46. The first-order chi connectivity index (χ1) is 9.10. The van der Waals surface area contributed by atoms with Crippen molar-refractivity contribution in [3.63, 3.8) is 0 Å². The first-order valence-corrected chi connectivity index (χ1v) is 7.76. The minimum Gasteiger partial charge on any atom is -0.496 e. The SMILES string of the molecule is COc1ccc(Cl)cc1CSc1ccc(Br)cc1N. The zero-order valence-corrected chi connectivity index (χ0v) is 13.5. The van der Waals surface area contributed by atoms with Gasteiger partial charge < -0.3 is 10.5 Å². The average molecular weight is 359 g/mol. The largest absolute Gasteiger partial charge is 0.496 e. The van der Waals surface area contributed by atoms with Gasteiger partial charge in [0.15, 0.2) is 0 Å². The van der Waals surface area contributed by atoms with E-state index in [-0.39, 0.29) is 0 Å². The van der Waals surface area contributed by atoms with Gasteiger partial charge in [-0.05, 0) is 36.4 Å². The highest BCUT2D eigenvalue weighted by Gasteiger charge is 2.06. The number of anilines is 1. The predicted molar refractivity (Wildman–Crippen MR) is 86.1 cm³/mol. The summed E-state index contributed by atoms with van der Waals surface area (Å²) >= 11 is 11.1. The summed E-state index contributed by atoms with van der Waals surface area (Å²) in [5, 5.41) is 0.708. The summed E-state index contributed by atoms with van der Waals surface area (Å²) in [5.74, 6) is 1.60. The van der Waals surface area contributed by atoms with Gasteiger partial charge in [0.2, 0.25) is 0 Å². The number of halogens is 2. The molecule has 0 aliphatic rings. The smallest absolute Gasteiger partial charge is 0.123 e. The lowest BCUT2D eigenvalue weighted by Crippen LogP contribution is -1.92. The number of benzene rings is 2. The molecule has 2 rings (SSSR count). The van der Waals surface area contributed by atoms with E-state index in [1.807, 2.05) is 36.4 Å². The second-order valence-electron chi connectivity index (χ2n) is 3.93. The Morgan fingerprint density at radius 3 is 2.74 bits per heavy atom. The Morgan fingerprint density at radius 2 is 2.05 bits per heavy atom. The third-order valence-electron chi connectivity index (χ3n) is 2.60. The normalized spacial score (nSPS) is 10.5. The van der Waals surface area contributed by atoms with Crippen LogP contribution in [0.5, 0.6) is 5.75 Å². The van der Waals surface area contributed by atoms with Crippen molar-refractivity contribution in [1.29, 1.82) is 0 Å². The summed E-state index contributed by atoms with van der Waals surface area (Å²) in [6, 6.07) is 11.5. The second kappa shape index (κ2) is 6.55. The van der Waals surface area contributed by atoms with Crippen molar-refractivity contribution in [2.75, 3.05) is 12.8 Å². The predicted octanol–water partition coefficient (Wildman–Crippen LogP) is 4.99. The van der Waals surface area contributed by atoms with E-state index in [4.69, 9.17) is 22.1 Å². The molecule has 5 heteroatoms. The molecule has 0 saturated carbocycles. The fourth-order valence-corrected chi connectivity index (χ4v) is 3.17. The average Bonchev–Trinajstić information content (AvgIpc) is 2.38. The first kappa shape index (κ1) is 14.6. The molecule has 19 heavy (non-hydrogen) atoms. The van der Waals surface area contributed by atoms with Crippen molar-refractivity contribution in [2.24, 2.45) is 0 Å². The molecule has 0 unspecified atom stereocenters. The highest BCUT2D eigenvalue weighted by Crippen LogP contribution is 2.33. The van der Waals surface area contributed by atoms with Crippen molar-refractivity contribution in [2.45, 2.75) is 10.6 Å². The molecule has 0 aliphatic carbocycles. The highest BCUT2D eigenvalue weighted by molar-refractivity contribution is 9.10. The molecule has 0 radical (unpaired) electrons. The molecule has 0 aromatic heterocycles. The van der Waals surface area contributed by atoms with Gasteiger partial charge in [-0.25, -0.2) is 0 Å². The number of nitrogens with two attached hydrogens (primary N) is 1. The van der Waals surface area contributed by atoms with Crippen LogP contribution in [-0.4, -0.2) is 7.11 Å². The summed E-state index contributed by atoms with van der Waals surface area (Å²) in [5.41, 5.74) is 7.80. The Morgan fingerprint density at radius 1 is 1.26 bits per heavy atom. The Kier molecular flexibility index (Phi) is 5.02. The summed E-state index contributed by atoms with van der Waals surface area (Å²) in [6.07, 6.45) is 0. The summed E-state index contributed by atoms with van der Waals surface area (Å²) in [6.45, 7) is 0. The number of methoxy groups -OCH3 is 1. The number of ether oxygens (including phenoxy) is 1. The molecular weight excluding hydrogens is 346 g/mol. The van der Waals surface area contributed by atoms with Crippen LogP contribution in [0, 0.1) is 0 Å². The van der Waals surface area contributed by atoms with Gasteiger partial charge in [-0.2, -0.15) is 0 Å². The maximum atomic E-state index is 6.01. The lowest BCUT2D eigenvalue weighted by Gasteiger charge is -2.10. The van der Waals surface area contributed by atoms with E-state index in [2.05, 4.69) is 15.9 Å². The van der Waals surface area contributed by atoms with E-state index < -0.39 is 0 Å². The van der Waals surface area contributed by atoms with Crippen LogP contribution in [0.15, 0.2) is 45.8 Å². The van der Waals surface area contributed by atoms with Gasteiger partial charge in [0.1, 0.15) is 5.75 Å². The standard InChI is InChI=1S/C14H13BrClNOS/c1-18-13-4-3-11(16)6-9(13)8-19-14-5-2-10(15)7-12(14)17/h2-7H,8,17H2,1H3. The zero-order chi connectivity index (χ0) is 13.8. The number of thioether (sulfide) groups is 1. The van der Waals surface area contributed by atoms with Crippen LogP contribution in [0.4, 0.5) is 5.69 Å². The molecule has 0 bridgehead atoms. The molecule has 0 fully saturated rings. The maximum Gasteiger partial charge on any atom is 0.123 e. The molecule has 0 aliphatic heterocycles. The van der Waals surface area contributed by atoms with Crippen LogP contribution in [0.25, 0.3) is 0 Å². The van der Waals surface area contributed by atoms with Crippen LogP contribution in [0.2, 0.25) is 5.02 Å². The number of hydrogen-bond donors (Lipinski definition) is 1. The van der Waals surface area contributed by atoms with Gasteiger partial charge in [0.05, 0.1) is 7.11 Å². The Labute approximate surface area is 130 Å². The summed E-state index contributed by atoms with van der Waals surface area (Å²) in [7, 11) is 1.66. The lowest BCUT2D eigenvalue weighted by molar-refractivity contribution is 0.411. The van der Waals surface area contributed by atoms with Crippen LogP contribution in [-0.2, 0) is 5.75 Å². The van der Waals surface area contributed by atoms with E-state index in [1.165, 1.54) is 0 Å². The molecule has 0 heterocycles. The maximum absolute atomic E-state index is 6.01. The molecule has 2 aromatic carbocycles. The molecule has 0 saturated heterocycles. The van der Waals surface area contributed by atoms with Crippen LogP contribution < -0.4 is 10.5 Å². The van der Waals surface area contributed by atoms with E-state index in [9.17, 15) is 0 Å².